The molecule has 2 heterocycles. The van der Waals surface area contributed by atoms with Crippen LogP contribution in [-0.4, -0.2) is 58.5 Å². The highest BCUT2D eigenvalue weighted by Crippen LogP contribution is 2.42. The van der Waals surface area contributed by atoms with Gasteiger partial charge in [0.25, 0.3) is 5.91 Å². The molecule has 11 heteroatoms. The smallest absolute Gasteiger partial charge is 0.384 e. The number of rotatable bonds is 7. The monoisotopic (exact) mass is 538 g/mol. The summed E-state index contributed by atoms with van der Waals surface area (Å²) in [7, 11) is 0. The summed E-state index contributed by atoms with van der Waals surface area (Å²) < 4.78 is 38.6. The van der Waals surface area contributed by atoms with Gasteiger partial charge < -0.3 is 15.7 Å². The zero-order valence-electron chi connectivity index (χ0n) is 21.0. The lowest BCUT2D eigenvalue weighted by Crippen LogP contribution is -2.45. The van der Waals surface area contributed by atoms with Crippen LogP contribution >= 0.6 is 11.3 Å². The number of carbonyl (C=O) groups is 2. The van der Waals surface area contributed by atoms with Crippen LogP contribution in [0.4, 0.5) is 13.2 Å². The van der Waals surface area contributed by atoms with Crippen LogP contribution in [0.15, 0.2) is 30.5 Å². The Morgan fingerprint density at radius 2 is 1.97 bits per heavy atom. The number of hydrogen-bond acceptors (Lipinski definition) is 6. The average molecular weight is 539 g/mol. The van der Waals surface area contributed by atoms with E-state index in [0.717, 1.165) is 53.9 Å². The van der Waals surface area contributed by atoms with E-state index >= 15 is 0 Å². The van der Waals surface area contributed by atoms with Gasteiger partial charge in [0.1, 0.15) is 5.60 Å². The van der Waals surface area contributed by atoms with Crippen LogP contribution in [0.1, 0.15) is 77.7 Å². The number of carbonyl (C=O) groups excluding carboxylic acids is 2. The molecule has 1 saturated carbocycles. The third-order valence-corrected chi connectivity index (χ3v) is 8.71. The van der Waals surface area contributed by atoms with Crippen LogP contribution in [0, 0.1) is 0 Å². The molecule has 4 rings (SSSR count). The summed E-state index contributed by atoms with van der Waals surface area (Å²) in [6.45, 7) is 5.40. The van der Waals surface area contributed by atoms with Crippen molar-refractivity contribution in [2.45, 2.75) is 75.7 Å². The quantitative estimate of drug-likeness (QED) is 0.495. The molecule has 1 aromatic heterocycles. The Morgan fingerprint density at radius 1 is 1.24 bits per heavy atom. The average Bonchev–Trinajstić information content (AvgIpc) is 3.53. The second kappa shape index (κ2) is 11.1. The van der Waals surface area contributed by atoms with Crippen LogP contribution in [0.25, 0.3) is 0 Å². The van der Waals surface area contributed by atoms with Gasteiger partial charge in [0, 0.05) is 42.9 Å². The zero-order valence-corrected chi connectivity index (χ0v) is 21.8. The summed E-state index contributed by atoms with van der Waals surface area (Å²) in [5.74, 6) is -0.772. The van der Waals surface area contributed by atoms with Gasteiger partial charge in [-0.25, -0.2) is 4.98 Å². The first-order valence-corrected chi connectivity index (χ1v) is 13.4. The van der Waals surface area contributed by atoms with Crippen LogP contribution in [0.3, 0.4) is 0 Å². The Kier molecular flexibility index (Phi) is 8.25. The number of aliphatic hydroxyl groups is 1. The van der Waals surface area contributed by atoms with Crippen LogP contribution in [0.5, 0.6) is 0 Å². The van der Waals surface area contributed by atoms with Crippen molar-refractivity contribution in [1.29, 1.82) is 0 Å². The fourth-order valence-corrected chi connectivity index (χ4v) is 6.14. The number of likely N-dealkylation sites (tertiary alicyclic amines) is 1. The van der Waals surface area contributed by atoms with Gasteiger partial charge in [-0.3, -0.25) is 14.5 Å². The normalized spacial score (nSPS) is 24.8. The topological polar surface area (TPSA) is 94.6 Å². The minimum absolute atomic E-state index is 0.0612. The first kappa shape index (κ1) is 27.5. The number of alkyl halides is 3. The molecule has 0 bridgehead atoms. The van der Waals surface area contributed by atoms with Crippen LogP contribution in [-0.2, 0) is 16.6 Å². The molecule has 202 valence electrons. The van der Waals surface area contributed by atoms with E-state index in [2.05, 4.69) is 34.4 Å². The number of aromatic nitrogens is 1. The van der Waals surface area contributed by atoms with E-state index in [1.165, 1.54) is 6.07 Å². The highest BCUT2D eigenvalue weighted by atomic mass is 32.1. The van der Waals surface area contributed by atoms with Crippen molar-refractivity contribution >= 4 is 23.2 Å². The number of halogens is 3. The first-order chi connectivity index (χ1) is 17.4. The molecular weight excluding hydrogens is 505 g/mol. The molecule has 2 aromatic rings. The maximum atomic E-state index is 12.9. The van der Waals surface area contributed by atoms with Gasteiger partial charge in [-0.2, -0.15) is 13.2 Å². The molecule has 1 atom stereocenters. The molecule has 1 unspecified atom stereocenters. The van der Waals surface area contributed by atoms with Gasteiger partial charge in [-0.15, -0.1) is 11.3 Å². The Morgan fingerprint density at radius 3 is 2.62 bits per heavy atom. The number of benzene rings is 1. The Balaban J connectivity index is 1.21. The van der Waals surface area contributed by atoms with Crippen molar-refractivity contribution in [3.05, 3.63) is 51.5 Å². The number of hydrogen-bond donors (Lipinski definition) is 3. The van der Waals surface area contributed by atoms with E-state index in [1.54, 1.807) is 11.3 Å². The first-order valence-electron chi connectivity index (χ1n) is 12.6. The van der Waals surface area contributed by atoms with E-state index in [9.17, 15) is 27.9 Å². The molecule has 3 N–H and O–H groups in total. The van der Waals surface area contributed by atoms with E-state index < -0.39 is 23.2 Å². The predicted molar refractivity (Wildman–Crippen MR) is 134 cm³/mol. The number of amides is 2. The second-order valence-corrected chi connectivity index (χ2v) is 11.4. The maximum absolute atomic E-state index is 12.9. The minimum atomic E-state index is -4.54. The molecule has 0 spiro atoms. The lowest BCUT2D eigenvalue weighted by atomic mass is 9.81. The summed E-state index contributed by atoms with van der Waals surface area (Å²) in [5, 5.41) is 17.6. The third-order valence-electron chi connectivity index (χ3n) is 7.22. The summed E-state index contributed by atoms with van der Waals surface area (Å²) in [6, 6.07) is 4.38. The van der Waals surface area contributed by atoms with E-state index in [4.69, 9.17) is 0 Å². The lowest BCUT2D eigenvalue weighted by Gasteiger charge is -2.39. The van der Waals surface area contributed by atoms with E-state index in [1.807, 2.05) is 6.20 Å². The molecular formula is C26H33F3N4O3S. The van der Waals surface area contributed by atoms with Gasteiger partial charge >= 0.3 is 6.18 Å². The van der Waals surface area contributed by atoms with Gasteiger partial charge in [0.15, 0.2) is 0 Å². The van der Waals surface area contributed by atoms with Crippen molar-refractivity contribution in [3.63, 3.8) is 0 Å². The molecule has 0 radical (unpaired) electrons. The SMILES string of the molecule is CC(C)c1ncc(C2(O)CCC(N3CCC(NC(=O)CNC(=O)c4cccc(C(F)(F)F)c4)C3)CC2)s1. The number of nitrogens with one attached hydrogen (secondary N) is 2. The summed E-state index contributed by atoms with van der Waals surface area (Å²) in [4.78, 5) is 32.3. The van der Waals surface area contributed by atoms with E-state index in [0.29, 0.717) is 31.3 Å². The highest BCUT2D eigenvalue weighted by Gasteiger charge is 2.40. The van der Waals surface area contributed by atoms with Crippen molar-refractivity contribution in [3.8, 4) is 0 Å². The number of thiazole rings is 1. The lowest BCUT2D eigenvalue weighted by molar-refractivity contribution is -0.137. The molecule has 1 aliphatic carbocycles. The molecule has 1 aliphatic heterocycles. The minimum Gasteiger partial charge on any atom is -0.384 e. The maximum Gasteiger partial charge on any atom is 0.416 e. The Labute approximate surface area is 218 Å². The third kappa shape index (κ3) is 6.69. The van der Waals surface area contributed by atoms with Crippen LogP contribution in [0.2, 0.25) is 0 Å². The second-order valence-electron chi connectivity index (χ2n) is 10.3. The van der Waals surface area contributed by atoms with Gasteiger partial charge in [-0.1, -0.05) is 19.9 Å². The number of nitrogens with zero attached hydrogens (tertiary/aromatic N) is 2. The van der Waals surface area contributed by atoms with Crippen molar-refractivity contribution < 1.29 is 27.9 Å². The van der Waals surface area contributed by atoms with Crippen molar-refractivity contribution in [1.82, 2.24) is 20.5 Å². The van der Waals surface area contributed by atoms with Gasteiger partial charge in [-0.05, 0) is 50.3 Å². The van der Waals surface area contributed by atoms with E-state index in [-0.39, 0.29) is 24.1 Å². The standard InChI is InChI=1S/C26H33F3N4O3S/c1-16(2)24-31-13-21(37-24)25(36)9-6-20(7-10-25)33-11-8-19(15-33)32-22(34)14-30-23(35)17-4-3-5-18(12-17)26(27,28)29/h3-5,12-13,16,19-20,36H,6-11,14-15H2,1-2H3,(H,30,35)(H,32,34). The summed E-state index contributed by atoms with van der Waals surface area (Å²) in [5.41, 5.74) is -1.89. The van der Waals surface area contributed by atoms with Crippen molar-refractivity contribution in [2.75, 3.05) is 19.6 Å². The largest absolute Gasteiger partial charge is 0.416 e. The fourth-order valence-electron chi connectivity index (χ4n) is 5.08. The Bertz CT molecular complexity index is 1110. The molecule has 2 aliphatic rings. The molecule has 1 aromatic carbocycles. The molecule has 1 saturated heterocycles. The predicted octanol–water partition coefficient (Wildman–Crippen LogP) is 4.04. The molecule has 2 amide bonds. The van der Waals surface area contributed by atoms with Crippen molar-refractivity contribution in [2.24, 2.45) is 0 Å². The molecule has 2 fully saturated rings. The summed E-state index contributed by atoms with van der Waals surface area (Å²) in [6.07, 6.45) is 1.11. The van der Waals surface area contributed by atoms with Gasteiger partial charge in [0.2, 0.25) is 5.91 Å². The Hall–Kier alpha value is -2.50. The fraction of sp³-hybridized carbons (Fsp3) is 0.577. The van der Waals surface area contributed by atoms with Gasteiger partial charge in [0.05, 0.1) is 22.0 Å². The highest BCUT2D eigenvalue weighted by molar-refractivity contribution is 7.11. The molecule has 37 heavy (non-hydrogen) atoms. The molecule has 7 nitrogen and oxygen atoms in total. The van der Waals surface area contributed by atoms with Crippen LogP contribution < -0.4 is 10.6 Å². The summed E-state index contributed by atoms with van der Waals surface area (Å²) >= 11 is 1.59. The zero-order chi connectivity index (χ0) is 26.8.